The summed E-state index contributed by atoms with van der Waals surface area (Å²) in [4.78, 5) is 12.7. The maximum Gasteiger partial charge on any atom is 0.197 e. The molecule has 4 nitrogen and oxygen atoms in total. The van der Waals surface area contributed by atoms with Gasteiger partial charge in [0.05, 0.1) is 14.2 Å². The fourth-order valence-electron chi connectivity index (χ4n) is 2.92. The number of benzene rings is 2. The van der Waals surface area contributed by atoms with Crippen molar-refractivity contribution in [3.63, 3.8) is 0 Å². The Hall–Kier alpha value is -2.75. The Balaban J connectivity index is 2.43. The first-order valence-electron chi connectivity index (χ1n) is 7.85. The molecule has 1 aromatic heterocycles. The summed E-state index contributed by atoms with van der Waals surface area (Å²) in [6.07, 6.45) is 0. The molecule has 124 valence electrons. The fraction of sp³-hybridized carbons (Fsp3) is 0.250. The van der Waals surface area contributed by atoms with Gasteiger partial charge in [0.1, 0.15) is 28.2 Å². The van der Waals surface area contributed by atoms with E-state index in [9.17, 15) is 4.79 Å². The quantitative estimate of drug-likeness (QED) is 0.703. The molecule has 0 aliphatic carbocycles. The van der Waals surface area contributed by atoms with Crippen molar-refractivity contribution in [2.24, 2.45) is 0 Å². The first-order valence-corrected chi connectivity index (χ1v) is 7.85. The maximum absolute atomic E-state index is 12.7. The monoisotopic (exact) mass is 324 g/mol. The number of fused-ring (bicyclic) bond motifs is 1. The van der Waals surface area contributed by atoms with Crippen LogP contribution in [0.5, 0.6) is 11.5 Å². The zero-order chi connectivity index (χ0) is 17.3. The van der Waals surface area contributed by atoms with Crippen LogP contribution in [0.1, 0.15) is 25.3 Å². The zero-order valence-electron chi connectivity index (χ0n) is 14.3. The van der Waals surface area contributed by atoms with Gasteiger partial charge < -0.3 is 13.9 Å². The molecule has 4 heteroatoms. The van der Waals surface area contributed by atoms with Gasteiger partial charge in [-0.15, -0.1) is 0 Å². The third kappa shape index (κ3) is 2.64. The van der Waals surface area contributed by atoms with E-state index in [0.29, 0.717) is 28.2 Å². The van der Waals surface area contributed by atoms with Gasteiger partial charge in [-0.25, -0.2) is 0 Å². The van der Waals surface area contributed by atoms with Crippen LogP contribution in [0.25, 0.3) is 22.3 Å². The number of hydrogen-bond acceptors (Lipinski definition) is 4. The lowest BCUT2D eigenvalue weighted by Gasteiger charge is -2.17. The molecule has 0 fully saturated rings. The highest BCUT2D eigenvalue weighted by Gasteiger charge is 2.21. The van der Waals surface area contributed by atoms with Crippen LogP contribution in [0.15, 0.2) is 51.7 Å². The van der Waals surface area contributed by atoms with Crippen LogP contribution >= 0.6 is 0 Å². The Bertz CT molecular complexity index is 924. The standard InChI is InChI=1S/C20H20O4/c1-12(2)18-16(22-3)11-17(23-4)19-14(21)10-15(24-20(18)19)13-8-6-5-7-9-13/h5-12H,1-4H3. The number of hydrogen-bond donors (Lipinski definition) is 0. The van der Waals surface area contributed by atoms with E-state index in [1.54, 1.807) is 13.2 Å². The van der Waals surface area contributed by atoms with Gasteiger partial charge in [-0.2, -0.15) is 0 Å². The van der Waals surface area contributed by atoms with E-state index < -0.39 is 0 Å². The van der Waals surface area contributed by atoms with Gasteiger partial charge in [0, 0.05) is 23.3 Å². The van der Waals surface area contributed by atoms with Crippen molar-refractivity contribution in [3.05, 3.63) is 58.3 Å². The Morgan fingerprint density at radius 3 is 2.21 bits per heavy atom. The summed E-state index contributed by atoms with van der Waals surface area (Å²) in [5, 5.41) is 0.446. The third-order valence-corrected chi connectivity index (χ3v) is 4.04. The van der Waals surface area contributed by atoms with Crippen molar-refractivity contribution in [3.8, 4) is 22.8 Å². The molecule has 1 heterocycles. The van der Waals surface area contributed by atoms with Crippen molar-refractivity contribution < 1.29 is 13.9 Å². The topological polar surface area (TPSA) is 48.7 Å². The smallest absolute Gasteiger partial charge is 0.197 e. The molecular formula is C20H20O4. The highest BCUT2D eigenvalue weighted by atomic mass is 16.5. The van der Waals surface area contributed by atoms with Crippen LogP contribution in [0.2, 0.25) is 0 Å². The molecule has 0 radical (unpaired) electrons. The molecule has 0 amide bonds. The van der Waals surface area contributed by atoms with E-state index in [1.807, 2.05) is 44.2 Å². The Labute approximate surface area is 140 Å². The van der Waals surface area contributed by atoms with Crippen LogP contribution in [-0.4, -0.2) is 14.2 Å². The largest absolute Gasteiger partial charge is 0.496 e. The minimum Gasteiger partial charge on any atom is -0.496 e. The average Bonchev–Trinajstić information content (AvgIpc) is 2.60. The molecule has 0 unspecified atom stereocenters. The fourth-order valence-corrected chi connectivity index (χ4v) is 2.92. The lowest BCUT2D eigenvalue weighted by atomic mass is 9.98. The van der Waals surface area contributed by atoms with Crippen molar-refractivity contribution in [1.29, 1.82) is 0 Å². The van der Waals surface area contributed by atoms with Gasteiger partial charge in [-0.3, -0.25) is 4.79 Å². The molecule has 3 rings (SSSR count). The number of methoxy groups -OCH3 is 2. The zero-order valence-corrected chi connectivity index (χ0v) is 14.3. The van der Waals surface area contributed by atoms with Gasteiger partial charge >= 0.3 is 0 Å². The molecule has 0 spiro atoms. The number of ether oxygens (including phenoxy) is 2. The van der Waals surface area contributed by atoms with E-state index >= 15 is 0 Å². The molecule has 0 saturated heterocycles. The summed E-state index contributed by atoms with van der Waals surface area (Å²) in [5.41, 5.74) is 2.11. The van der Waals surface area contributed by atoms with Crippen molar-refractivity contribution in [2.75, 3.05) is 14.2 Å². The lowest BCUT2D eigenvalue weighted by molar-refractivity contribution is 0.391. The second-order valence-corrected chi connectivity index (χ2v) is 5.89. The highest BCUT2D eigenvalue weighted by molar-refractivity contribution is 5.90. The summed E-state index contributed by atoms with van der Waals surface area (Å²) < 4.78 is 17.0. The van der Waals surface area contributed by atoms with Crippen molar-refractivity contribution in [1.82, 2.24) is 0 Å². The van der Waals surface area contributed by atoms with E-state index in [1.165, 1.54) is 13.2 Å². The Morgan fingerprint density at radius 1 is 0.958 bits per heavy atom. The van der Waals surface area contributed by atoms with Crippen molar-refractivity contribution in [2.45, 2.75) is 19.8 Å². The predicted molar refractivity (Wildman–Crippen MR) is 95.1 cm³/mol. The summed E-state index contributed by atoms with van der Waals surface area (Å²) in [5.74, 6) is 1.77. The minimum absolute atomic E-state index is 0.127. The lowest BCUT2D eigenvalue weighted by Crippen LogP contribution is -2.06. The number of rotatable bonds is 4. The van der Waals surface area contributed by atoms with Crippen LogP contribution in [0.4, 0.5) is 0 Å². The molecule has 0 aliphatic heterocycles. The molecule has 24 heavy (non-hydrogen) atoms. The van der Waals surface area contributed by atoms with E-state index in [2.05, 4.69) is 0 Å². The first kappa shape index (κ1) is 16.1. The second kappa shape index (κ2) is 6.40. The second-order valence-electron chi connectivity index (χ2n) is 5.89. The summed E-state index contributed by atoms with van der Waals surface area (Å²) in [7, 11) is 3.14. The first-order chi connectivity index (χ1) is 11.6. The van der Waals surface area contributed by atoms with Gasteiger partial charge in [-0.05, 0) is 5.92 Å². The normalized spacial score (nSPS) is 11.0. The maximum atomic E-state index is 12.7. The van der Waals surface area contributed by atoms with E-state index in [4.69, 9.17) is 13.9 Å². The SMILES string of the molecule is COc1cc(OC)c2c(=O)cc(-c3ccccc3)oc2c1C(C)C. The molecular weight excluding hydrogens is 304 g/mol. The van der Waals surface area contributed by atoms with Crippen LogP contribution < -0.4 is 14.9 Å². The van der Waals surface area contributed by atoms with Gasteiger partial charge in [0.2, 0.25) is 0 Å². The van der Waals surface area contributed by atoms with Crippen LogP contribution in [0.3, 0.4) is 0 Å². The Kier molecular flexibility index (Phi) is 4.30. The molecule has 0 aliphatic rings. The molecule has 3 aromatic rings. The van der Waals surface area contributed by atoms with Crippen LogP contribution in [-0.2, 0) is 0 Å². The third-order valence-electron chi connectivity index (χ3n) is 4.04. The molecule has 0 atom stereocenters. The summed E-state index contributed by atoms with van der Waals surface area (Å²) >= 11 is 0. The van der Waals surface area contributed by atoms with Crippen molar-refractivity contribution >= 4 is 11.0 Å². The molecule has 0 bridgehead atoms. The predicted octanol–water partition coefficient (Wildman–Crippen LogP) is 4.60. The van der Waals surface area contributed by atoms with Crippen LogP contribution in [0, 0.1) is 0 Å². The molecule has 0 N–H and O–H groups in total. The van der Waals surface area contributed by atoms with E-state index in [-0.39, 0.29) is 11.3 Å². The Morgan fingerprint density at radius 2 is 1.62 bits per heavy atom. The highest BCUT2D eigenvalue weighted by Crippen LogP contribution is 2.39. The minimum atomic E-state index is -0.128. The molecule has 0 saturated carbocycles. The van der Waals surface area contributed by atoms with Gasteiger partial charge in [-0.1, -0.05) is 44.2 Å². The molecule has 2 aromatic carbocycles. The summed E-state index contributed by atoms with van der Waals surface area (Å²) in [6.45, 7) is 4.08. The van der Waals surface area contributed by atoms with Gasteiger partial charge in [0.15, 0.2) is 5.43 Å². The average molecular weight is 324 g/mol. The van der Waals surface area contributed by atoms with Gasteiger partial charge in [0.25, 0.3) is 0 Å². The summed E-state index contributed by atoms with van der Waals surface area (Å²) in [6, 6.07) is 12.8. The van der Waals surface area contributed by atoms with E-state index in [0.717, 1.165) is 11.1 Å².